The number of rotatable bonds is 4. The van der Waals surface area contributed by atoms with Gasteiger partial charge in [-0.1, -0.05) is 11.8 Å². The summed E-state index contributed by atoms with van der Waals surface area (Å²) >= 11 is 1.39. The van der Waals surface area contributed by atoms with Crippen LogP contribution in [-0.4, -0.2) is 41.7 Å². The van der Waals surface area contributed by atoms with Crippen molar-refractivity contribution < 1.29 is 9.90 Å². The molecule has 0 aliphatic heterocycles. The molecular formula is C13H16N2O2S. The molecule has 5 heteroatoms. The molecule has 0 unspecified atom stereocenters. The molecule has 18 heavy (non-hydrogen) atoms. The average molecular weight is 264 g/mol. The van der Waals surface area contributed by atoms with Crippen LogP contribution in [0.2, 0.25) is 0 Å². The minimum absolute atomic E-state index is 0.00255. The van der Waals surface area contributed by atoms with E-state index in [1.807, 2.05) is 11.4 Å². The Hall–Kier alpha value is -1.35. The standard InChI is InChI=1S/C13H16N2O2S/c14-6-1-2-10-5-9-18-12(10)13(17)15(7-8-16)11-3-4-11/h5,9,11,16H,3-4,6-8,14H2. The third-order valence-corrected chi connectivity index (χ3v) is 3.68. The van der Waals surface area contributed by atoms with Gasteiger partial charge in [-0.05, 0) is 24.3 Å². The van der Waals surface area contributed by atoms with Gasteiger partial charge in [0, 0.05) is 18.2 Å². The van der Waals surface area contributed by atoms with Crippen LogP contribution in [0.5, 0.6) is 0 Å². The Morgan fingerprint density at radius 2 is 2.39 bits per heavy atom. The lowest BCUT2D eigenvalue weighted by Crippen LogP contribution is -2.35. The van der Waals surface area contributed by atoms with Crippen LogP contribution in [0.4, 0.5) is 0 Å². The van der Waals surface area contributed by atoms with Gasteiger partial charge in [-0.15, -0.1) is 11.3 Å². The number of hydrogen-bond donors (Lipinski definition) is 2. The summed E-state index contributed by atoms with van der Waals surface area (Å²) in [5.74, 6) is 5.66. The van der Waals surface area contributed by atoms with E-state index < -0.39 is 0 Å². The van der Waals surface area contributed by atoms with E-state index >= 15 is 0 Å². The molecule has 96 valence electrons. The summed E-state index contributed by atoms with van der Waals surface area (Å²) in [6.45, 7) is 0.676. The van der Waals surface area contributed by atoms with Crippen molar-refractivity contribution in [2.75, 3.05) is 19.7 Å². The van der Waals surface area contributed by atoms with Gasteiger partial charge < -0.3 is 15.7 Å². The molecule has 0 radical (unpaired) electrons. The molecule has 0 aromatic carbocycles. The molecule has 1 aliphatic carbocycles. The Labute approximate surface area is 110 Å². The van der Waals surface area contributed by atoms with Gasteiger partial charge in [0.2, 0.25) is 0 Å². The Balaban J connectivity index is 2.18. The summed E-state index contributed by atoms with van der Waals surface area (Å²) in [5, 5.41) is 10.9. The van der Waals surface area contributed by atoms with E-state index in [4.69, 9.17) is 10.8 Å². The highest BCUT2D eigenvalue weighted by atomic mass is 32.1. The minimum atomic E-state index is -0.0251. The van der Waals surface area contributed by atoms with Gasteiger partial charge in [0.1, 0.15) is 4.88 Å². The molecule has 0 spiro atoms. The third kappa shape index (κ3) is 2.91. The molecule has 1 aromatic rings. The van der Waals surface area contributed by atoms with Crippen LogP contribution in [0.3, 0.4) is 0 Å². The number of hydrogen-bond acceptors (Lipinski definition) is 4. The van der Waals surface area contributed by atoms with E-state index in [1.54, 1.807) is 4.90 Å². The predicted molar refractivity (Wildman–Crippen MR) is 71.4 cm³/mol. The predicted octanol–water partition coefficient (Wildman–Crippen LogP) is 0.655. The minimum Gasteiger partial charge on any atom is -0.395 e. The van der Waals surface area contributed by atoms with E-state index in [9.17, 15) is 4.79 Å². The molecule has 1 aromatic heterocycles. The molecule has 4 nitrogen and oxygen atoms in total. The van der Waals surface area contributed by atoms with Crippen LogP contribution < -0.4 is 5.73 Å². The molecule has 0 bridgehead atoms. The summed E-state index contributed by atoms with van der Waals surface area (Å²) in [6, 6.07) is 2.13. The molecule has 1 fully saturated rings. The molecule has 1 aliphatic rings. The van der Waals surface area contributed by atoms with Crippen LogP contribution in [0.1, 0.15) is 28.1 Å². The second-order valence-electron chi connectivity index (χ2n) is 4.12. The van der Waals surface area contributed by atoms with Crippen molar-refractivity contribution in [3.8, 4) is 11.8 Å². The first kappa shape index (κ1) is 13.1. The highest BCUT2D eigenvalue weighted by Gasteiger charge is 2.33. The Bertz CT molecular complexity index is 483. The normalized spacial score (nSPS) is 13.9. The zero-order valence-electron chi connectivity index (χ0n) is 10.1. The second kappa shape index (κ2) is 6.01. The Kier molecular flexibility index (Phi) is 4.37. The maximum Gasteiger partial charge on any atom is 0.265 e. The fourth-order valence-corrected chi connectivity index (χ4v) is 2.60. The van der Waals surface area contributed by atoms with E-state index in [1.165, 1.54) is 11.3 Å². The average Bonchev–Trinajstić information content (AvgIpc) is 3.11. The van der Waals surface area contributed by atoms with Crippen LogP contribution in [0.15, 0.2) is 11.4 Å². The first-order valence-electron chi connectivity index (χ1n) is 5.96. The smallest absolute Gasteiger partial charge is 0.265 e. The van der Waals surface area contributed by atoms with Crippen molar-refractivity contribution in [3.63, 3.8) is 0 Å². The van der Waals surface area contributed by atoms with Crippen molar-refractivity contribution in [2.45, 2.75) is 18.9 Å². The number of amides is 1. The highest BCUT2D eigenvalue weighted by Crippen LogP contribution is 2.29. The number of nitrogens with two attached hydrogens (primary N) is 1. The molecular weight excluding hydrogens is 248 g/mol. The van der Waals surface area contributed by atoms with Crippen molar-refractivity contribution >= 4 is 17.2 Å². The van der Waals surface area contributed by atoms with Gasteiger partial charge in [-0.25, -0.2) is 0 Å². The maximum absolute atomic E-state index is 12.4. The summed E-state index contributed by atoms with van der Waals surface area (Å²) in [7, 11) is 0. The lowest BCUT2D eigenvalue weighted by atomic mass is 10.2. The molecule has 1 heterocycles. The lowest BCUT2D eigenvalue weighted by Gasteiger charge is -2.20. The third-order valence-electron chi connectivity index (χ3n) is 2.77. The first-order chi connectivity index (χ1) is 8.77. The van der Waals surface area contributed by atoms with Crippen LogP contribution in [-0.2, 0) is 0 Å². The molecule has 1 saturated carbocycles. The molecule has 0 atom stereocenters. The van der Waals surface area contributed by atoms with Gasteiger partial charge in [0.25, 0.3) is 5.91 Å². The number of aliphatic hydroxyl groups excluding tert-OH is 1. The summed E-state index contributed by atoms with van der Waals surface area (Å²) in [6.07, 6.45) is 2.06. The number of thiophene rings is 1. The SMILES string of the molecule is NCC#Cc1ccsc1C(=O)N(CCO)C1CC1. The van der Waals surface area contributed by atoms with E-state index in [0.717, 1.165) is 18.4 Å². The number of nitrogens with zero attached hydrogens (tertiary/aromatic N) is 1. The van der Waals surface area contributed by atoms with Gasteiger partial charge in [-0.3, -0.25) is 4.79 Å². The summed E-state index contributed by atoms with van der Waals surface area (Å²) < 4.78 is 0. The number of carbonyl (C=O) groups is 1. The summed E-state index contributed by atoms with van der Waals surface area (Å²) in [5.41, 5.74) is 6.07. The molecule has 1 amide bonds. The molecule has 3 N–H and O–H groups in total. The van der Waals surface area contributed by atoms with Crippen LogP contribution >= 0.6 is 11.3 Å². The Morgan fingerprint density at radius 1 is 1.61 bits per heavy atom. The topological polar surface area (TPSA) is 66.6 Å². The monoisotopic (exact) mass is 264 g/mol. The highest BCUT2D eigenvalue weighted by molar-refractivity contribution is 7.12. The number of carbonyl (C=O) groups excluding carboxylic acids is 1. The lowest BCUT2D eigenvalue weighted by molar-refractivity contribution is 0.0712. The Morgan fingerprint density at radius 3 is 3.00 bits per heavy atom. The molecule has 2 rings (SSSR count). The maximum atomic E-state index is 12.4. The second-order valence-corrected chi connectivity index (χ2v) is 5.04. The quantitative estimate of drug-likeness (QED) is 0.785. The fourth-order valence-electron chi connectivity index (χ4n) is 1.79. The van der Waals surface area contributed by atoms with E-state index in [-0.39, 0.29) is 19.1 Å². The van der Waals surface area contributed by atoms with Crippen molar-refractivity contribution in [1.82, 2.24) is 4.90 Å². The van der Waals surface area contributed by atoms with Gasteiger partial charge in [0.15, 0.2) is 0 Å². The van der Waals surface area contributed by atoms with Gasteiger partial charge >= 0.3 is 0 Å². The molecule has 0 saturated heterocycles. The zero-order chi connectivity index (χ0) is 13.0. The van der Waals surface area contributed by atoms with Crippen molar-refractivity contribution in [1.29, 1.82) is 0 Å². The van der Waals surface area contributed by atoms with Crippen LogP contribution in [0, 0.1) is 11.8 Å². The van der Waals surface area contributed by atoms with E-state index in [0.29, 0.717) is 17.5 Å². The summed E-state index contributed by atoms with van der Waals surface area (Å²) in [4.78, 5) is 14.8. The van der Waals surface area contributed by atoms with Crippen molar-refractivity contribution in [2.24, 2.45) is 5.73 Å². The fraction of sp³-hybridized carbons (Fsp3) is 0.462. The van der Waals surface area contributed by atoms with Gasteiger partial charge in [0.05, 0.1) is 13.2 Å². The van der Waals surface area contributed by atoms with Gasteiger partial charge in [-0.2, -0.15) is 0 Å². The first-order valence-corrected chi connectivity index (χ1v) is 6.84. The zero-order valence-corrected chi connectivity index (χ0v) is 10.9. The largest absolute Gasteiger partial charge is 0.395 e. The number of aliphatic hydroxyl groups is 1. The van der Waals surface area contributed by atoms with E-state index in [2.05, 4.69) is 11.8 Å². The van der Waals surface area contributed by atoms with Crippen LogP contribution in [0.25, 0.3) is 0 Å². The van der Waals surface area contributed by atoms with Crippen molar-refractivity contribution in [3.05, 3.63) is 21.9 Å².